The Morgan fingerprint density at radius 3 is 2.34 bits per heavy atom. The molecule has 1 saturated carbocycles. The predicted molar refractivity (Wildman–Crippen MR) is 145 cm³/mol. The third kappa shape index (κ3) is 4.46. The number of morpholine rings is 1. The molecule has 0 atom stereocenters. The molecule has 1 aromatic heterocycles. The topological polar surface area (TPSA) is 86.1 Å². The molecular formula is C28H30N4O5S. The van der Waals surface area contributed by atoms with Crippen LogP contribution in [0.1, 0.15) is 44.9 Å². The lowest BCUT2D eigenvalue weighted by Crippen LogP contribution is -2.41. The highest BCUT2D eigenvalue weighted by atomic mass is 32.1. The van der Waals surface area contributed by atoms with Gasteiger partial charge in [-0.25, -0.2) is 9.48 Å². The van der Waals surface area contributed by atoms with Crippen LogP contribution in [0, 0.1) is 0 Å². The third-order valence-corrected chi connectivity index (χ3v) is 8.05. The molecular weight excluding hydrogens is 504 g/mol. The number of rotatable bonds is 7. The molecule has 0 bridgehead atoms. The number of hydrogen-bond acceptors (Lipinski definition) is 8. The standard InChI is InChI=1S/C28H30N4O5S/c1-35-22-8-6-21(7-9-22)32-25-23(24(29-32)27(34)37-38)10-13-31(26(25)33)20-4-2-19(3-5-20)28(11-12-28)18-30-14-16-36-17-15-30/h2-9,38H,10-18H2,1H3. The summed E-state index contributed by atoms with van der Waals surface area (Å²) < 4.78 is 16.9. The summed E-state index contributed by atoms with van der Waals surface area (Å²) in [6.07, 6.45) is 2.83. The molecule has 1 aliphatic carbocycles. The molecule has 0 radical (unpaired) electrons. The number of aromatic nitrogens is 2. The Balaban J connectivity index is 1.29. The minimum absolute atomic E-state index is 0.105. The van der Waals surface area contributed by atoms with Gasteiger partial charge in [0.1, 0.15) is 11.4 Å². The van der Waals surface area contributed by atoms with Crippen molar-refractivity contribution in [3.63, 3.8) is 0 Å². The van der Waals surface area contributed by atoms with Crippen LogP contribution in [0.15, 0.2) is 48.5 Å². The van der Waals surface area contributed by atoms with Gasteiger partial charge in [-0.15, -0.1) is 0 Å². The fourth-order valence-electron chi connectivity index (χ4n) is 5.59. The summed E-state index contributed by atoms with van der Waals surface area (Å²) >= 11 is 3.67. The lowest BCUT2D eigenvalue weighted by molar-refractivity contribution is 0.0336. The van der Waals surface area contributed by atoms with Crippen LogP contribution >= 0.6 is 12.9 Å². The molecule has 9 nitrogen and oxygen atoms in total. The van der Waals surface area contributed by atoms with E-state index in [0.29, 0.717) is 35.7 Å². The van der Waals surface area contributed by atoms with Gasteiger partial charge in [0, 0.05) is 55.8 Å². The normalized spacial score (nSPS) is 18.7. The summed E-state index contributed by atoms with van der Waals surface area (Å²) in [5.74, 6) is -0.215. The monoisotopic (exact) mass is 534 g/mol. The van der Waals surface area contributed by atoms with Gasteiger partial charge in [-0.2, -0.15) is 5.10 Å². The van der Waals surface area contributed by atoms with E-state index in [1.54, 1.807) is 36.3 Å². The highest BCUT2D eigenvalue weighted by Gasteiger charge is 2.45. The minimum Gasteiger partial charge on any atom is -0.497 e. The van der Waals surface area contributed by atoms with Crippen molar-refractivity contribution in [3.05, 3.63) is 71.0 Å². The first-order valence-corrected chi connectivity index (χ1v) is 13.2. The number of nitrogens with zero attached hydrogens (tertiary/aromatic N) is 4. The van der Waals surface area contributed by atoms with Crippen LogP contribution < -0.4 is 9.64 Å². The van der Waals surface area contributed by atoms with Crippen LogP contribution in [0.4, 0.5) is 5.69 Å². The molecule has 3 heterocycles. The molecule has 1 amide bonds. The van der Waals surface area contributed by atoms with E-state index in [1.165, 1.54) is 23.1 Å². The van der Waals surface area contributed by atoms with E-state index in [4.69, 9.17) is 9.47 Å². The molecule has 10 heteroatoms. The number of benzene rings is 2. The van der Waals surface area contributed by atoms with E-state index in [2.05, 4.69) is 39.2 Å². The van der Waals surface area contributed by atoms with Gasteiger partial charge >= 0.3 is 5.97 Å². The van der Waals surface area contributed by atoms with Crippen molar-refractivity contribution in [1.29, 1.82) is 0 Å². The zero-order valence-corrected chi connectivity index (χ0v) is 22.2. The van der Waals surface area contributed by atoms with Gasteiger partial charge in [0.15, 0.2) is 5.69 Å². The number of thiol groups is 1. The maximum Gasteiger partial charge on any atom is 0.370 e. The fraction of sp³-hybridized carbons (Fsp3) is 0.393. The Morgan fingerprint density at radius 1 is 1.03 bits per heavy atom. The summed E-state index contributed by atoms with van der Waals surface area (Å²) in [5.41, 5.74) is 4.01. The van der Waals surface area contributed by atoms with Gasteiger partial charge < -0.3 is 18.6 Å². The molecule has 3 aliphatic rings. The van der Waals surface area contributed by atoms with Crippen LogP contribution in [0.25, 0.3) is 5.69 Å². The quantitative estimate of drug-likeness (QED) is 0.367. The van der Waals surface area contributed by atoms with Gasteiger partial charge in [0.05, 0.1) is 26.0 Å². The van der Waals surface area contributed by atoms with Crippen molar-refractivity contribution in [2.24, 2.45) is 0 Å². The number of ether oxygens (including phenoxy) is 2. The molecule has 3 aromatic rings. The summed E-state index contributed by atoms with van der Waals surface area (Å²) in [7, 11) is 1.59. The SMILES string of the molecule is COc1ccc(-n2nc(C(=O)OS)c3c2C(=O)N(c2ccc(C4(CN5CCOCC5)CC4)cc2)CC3)cc1. The Bertz CT molecular complexity index is 1340. The number of methoxy groups -OCH3 is 1. The summed E-state index contributed by atoms with van der Waals surface area (Å²) in [5, 5.41) is 4.47. The lowest BCUT2D eigenvalue weighted by Gasteiger charge is -2.31. The number of anilines is 1. The van der Waals surface area contributed by atoms with Crippen molar-refractivity contribution in [2.75, 3.05) is 51.4 Å². The van der Waals surface area contributed by atoms with Crippen LogP contribution in [0.5, 0.6) is 5.75 Å². The highest BCUT2D eigenvalue weighted by molar-refractivity contribution is 7.75. The predicted octanol–water partition coefficient (Wildman–Crippen LogP) is 3.45. The number of hydrogen-bond donors (Lipinski definition) is 1. The molecule has 0 spiro atoms. The Hall–Kier alpha value is -3.34. The van der Waals surface area contributed by atoms with Gasteiger partial charge in [0.25, 0.3) is 5.91 Å². The largest absolute Gasteiger partial charge is 0.497 e. The van der Waals surface area contributed by atoms with Crippen LogP contribution in [0.3, 0.4) is 0 Å². The number of amides is 1. The maximum absolute atomic E-state index is 13.9. The van der Waals surface area contributed by atoms with E-state index in [0.717, 1.165) is 38.5 Å². The molecule has 1 saturated heterocycles. The third-order valence-electron chi connectivity index (χ3n) is 7.88. The van der Waals surface area contributed by atoms with Crippen molar-refractivity contribution in [1.82, 2.24) is 14.7 Å². The molecule has 2 aromatic carbocycles. The Labute approximate surface area is 226 Å². The van der Waals surface area contributed by atoms with E-state index in [-0.39, 0.29) is 17.0 Å². The van der Waals surface area contributed by atoms with Crippen LogP contribution in [0.2, 0.25) is 0 Å². The average Bonchev–Trinajstić information content (AvgIpc) is 3.64. The summed E-state index contributed by atoms with van der Waals surface area (Å²) in [6.45, 7) is 5.05. The lowest BCUT2D eigenvalue weighted by atomic mass is 9.94. The Morgan fingerprint density at radius 2 is 1.71 bits per heavy atom. The van der Waals surface area contributed by atoms with Gasteiger partial charge in [-0.3, -0.25) is 9.69 Å². The zero-order valence-electron chi connectivity index (χ0n) is 21.3. The van der Waals surface area contributed by atoms with Gasteiger partial charge in [-0.05, 0) is 61.2 Å². The molecule has 2 aliphatic heterocycles. The Kier molecular flexibility index (Phi) is 6.63. The van der Waals surface area contributed by atoms with Crippen molar-refractivity contribution in [2.45, 2.75) is 24.7 Å². The molecule has 0 N–H and O–H groups in total. The molecule has 0 unspecified atom stereocenters. The first-order valence-electron chi connectivity index (χ1n) is 12.9. The first kappa shape index (κ1) is 25.0. The van der Waals surface area contributed by atoms with Gasteiger partial charge in [-0.1, -0.05) is 12.1 Å². The smallest absolute Gasteiger partial charge is 0.370 e. The molecule has 2 fully saturated rings. The summed E-state index contributed by atoms with van der Waals surface area (Å²) in [4.78, 5) is 30.6. The maximum atomic E-state index is 13.9. The number of carbonyl (C=O) groups excluding carboxylic acids is 2. The zero-order chi connectivity index (χ0) is 26.3. The van der Waals surface area contributed by atoms with Gasteiger partial charge in [0.2, 0.25) is 0 Å². The number of carbonyl (C=O) groups is 2. The minimum atomic E-state index is -0.683. The number of fused-ring (bicyclic) bond motifs is 1. The second kappa shape index (κ2) is 10.1. The van der Waals surface area contributed by atoms with Crippen molar-refractivity contribution in [3.8, 4) is 11.4 Å². The second-order valence-electron chi connectivity index (χ2n) is 10.1. The average molecular weight is 535 g/mol. The van der Waals surface area contributed by atoms with Crippen molar-refractivity contribution < 1.29 is 23.2 Å². The fourth-order valence-corrected chi connectivity index (χ4v) is 5.68. The molecule has 38 heavy (non-hydrogen) atoms. The molecule has 198 valence electrons. The summed E-state index contributed by atoms with van der Waals surface area (Å²) in [6, 6.07) is 15.6. The van der Waals surface area contributed by atoms with E-state index in [9.17, 15) is 9.59 Å². The van der Waals surface area contributed by atoms with Crippen LogP contribution in [-0.4, -0.2) is 73.1 Å². The molecule has 6 rings (SSSR count). The van der Waals surface area contributed by atoms with Crippen molar-refractivity contribution >= 4 is 30.5 Å². The first-order chi connectivity index (χ1) is 18.5. The van der Waals surface area contributed by atoms with E-state index in [1.807, 2.05) is 12.1 Å². The van der Waals surface area contributed by atoms with E-state index < -0.39 is 5.97 Å². The van der Waals surface area contributed by atoms with E-state index >= 15 is 0 Å². The highest BCUT2D eigenvalue weighted by Crippen LogP contribution is 2.49. The van der Waals surface area contributed by atoms with Crippen LogP contribution in [-0.2, 0) is 20.8 Å². The second-order valence-corrected chi connectivity index (χ2v) is 10.3.